The predicted octanol–water partition coefficient (Wildman–Crippen LogP) is 0.756. The second kappa shape index (κ2) is 7.29. The molecule has 24 heavy (non-hydrogen) atoms. The van der Waals surface area contributed by atoms with Crippen LogP contribution in [0.4, 0.5) is 0 Å². The van der Waals surface area contributed by atoms with E-state index in [-0.39, 0.29) is 11.1 Å². The Labute approximate surface area is 141 Å². The third kappa shape index (κ3) is 4.11. The van der Waals surface area contributed by atoms with Crippen LogP contribution >= 0.6 is 0 Å². The van der Waals surface area contributed by atoms with E-state index in [0.717, 1.165) is 25.1 Å². The van der Waals surface area contributed by atoms with Crippen LogP contribution in [0.3, 0.4) is 0 Å². The minimum atomic E-state index is -3.53. The molecule has 0 amide bonds. The maximum atomic E-state index is 12.2. The quantitative estimate of drug-likeness (QED) is 0.764. The summed E-state index contributed by atoms with van der Waals surface area (Å²) in [5, 5.41) is 0.0941. The summed E-state index contributed by atoms with van der Waals surface area (Å²) < 4.78 is 32.4. The van der Waals surface area contributed by atoms with Crippen molar-refractivity contribution in [3.8, 4) is 5.88 Å². The van der Waals surface area contributed by atoms with Crippen LogP contribution in [-0.2, 0) is 16.6 Å². The zero-order chi connectivity index (χ0) is 17.0. The van der Waals surface area contributed by atoms with Crippen LogP contribution in [0.5, 0.6) is 5.88 Å². The Kier molecular flexibility index (Phi) is 5.12. The molecule has 3 rings (SSSR count). The summed E-state index contributed by atoms with van der Waals surface area (Å²) in [6.07, 6.45) is 5.24. The Hall–Kier alpha value is -1.97. The number of aromatic amines is 1. The van der Waals surface area contributed by atoms with E-state index in [4.69, 9.17) is 4.74 Å². The second-order valence-electron chi connectivity index (χ2n) is 5.70. The molecule has 0 aromatic carbocycles. The molecule has 1 saturated heterocycles. The molecule has 1 aliphatic rings. The average Bonchev–Trinajstić information content (AvgIpc) is 3.21. The zero-order valence-corrected chi connectivity index (χ0v) is 14.3. The van der Waals surface area contributed by atoms with E-state index >= 15 is 0 Å². The molecule has 0 saturated carbocycles. The van der Waals surface area contributed by atoms with Crippen molar-refractivity contribution in [1.29, 1.82) is 0 Å². The lowest BCUT2D eigenvalue weighted by molar-refractivity contribution is 0.318. The average molecular weight is 351 g/mol. The molecule has 1 fully saturated rings. The van der Waals surface area contributed by atoms with Crippen LogP contribution in [0.15, 0.2) is 35.9 Å². The minimum Gasteiger partial charge on any atom is -0.478 e. The maximum absolute atomic E-state index is 12.2. The van der Waals surface area contributed by atoms with Gasteiger partial charge in [-0.25, -0.2) is 23.1 Å². The number of aromatic nitrogens is 3. The molecule has 2 N–H and O–H groups in total. The third-order valence-electron chi connectivity index (χ3n) is 3.85. The van der Waals surface area contributed by atoms with Gasteiger partial charge in [-0.1, -0.05) is 6.07 Å². The van der Waals surface area contributed by atoms with Crippen molar-refractivity contribution in [1.82, 2.24) is 24.6 Å². The van der Waals surface area contributed by atoms with Crippen LogP contribution in [0.2, 0.25) is 0 Å². The van der Waals surface area contributed by atoms with Crippen LogP contribution in [0.25, 0.3) is 0 Å². The molecule has 2 aromatic rings. The number of hydrogen-bond acceptors (Lipinski definition) is 6. The number of hydrogen-bond donors (Lipinski definition) is 2. The maximum Gasteiger partial charge on any atom is 0.257 e. The van der Waals surface area contributed by atoms with Crippen molar-refractivity contribution in [3.63, 3.8) is 0 Å². The molecule has 0 radical (unpaired) electrons. The molecule has 3 heterocycles. The van der Waals surface area contributed by atoms with Crippen LogP contribution in [-0.4, -0.2) is 54.0 Å². The first kappa shape index (κ1) is 16.9. The van der Waals surface area contributed by atoms with Gasteiger partial charge in [0.2, 0.25) is 5.88 Å². The number of pyridine rings is 1. The molecule has 1 atom stereocenters. The fourth-order valence-corrected chi connectivity index (χ4v) is 3.91. The van der Waals surface area contributed by atoms with Crippen molar-refractivity contribution in [2.75, 3.05) is 19.7 Å². The Balaban J connectivity index is 1.54. The van der Waals surface area contributed by atoms with Gasteiger partial charge in [-0.05, 0) is 18.9 Å². The molecular weight excluding hydrogens is 330 g/mol. The standard InChI is InChI=1S/C15H21N5O3S/c1-2-23-14-4-3-12(7-17-14)9-20-6-5-13(10-20)19-24(21,22)15-8-16-11-18-15/h3-4,7-8,11,13,19H,2,5-6,9-10H2,1H3,(H,16,18). The summed E-state index contributed by atoms with van der Waals surface area (Å²) in [7, 11) is -3.53. The molecule has 0 bridgehead atoms. The van der Waals surface area contributed by atoms with Crippen molar-refractivity contribution in [3.05, 3.63) is 36.4 Å². The Morgan fingerprint density at radius 3 is 2.96 bits per heavy atom. The van der Waals surface area contributed by atoms with Gasteiger partial charge in [0.15, 0.2) is 5.03 Å². The fourth-order valence-electron chi connectivity index (χ4n) is 2.74. The van der Waals surface area contributed by atoms with E-state index in [2.05, 4.69) is 24.6 Å². The molecular formula is C15H21N5O3S. The highest BCUT2D eigenvalue weighted by Gasteiger charge is 2.27. The SMILES string of the molecule is CCOc1ccc(CN2CCC(NS(=O)(=O)c3cnc[nH]3)C2)cn1. The van der Waals surface area contributed by atoms with Gasteiger partial charge in [0.25, 0.3) is 10.0 Å². The number of rotatable bonds is 7. The van der Waals surface area contributed by atoms with Gasteiger partial charge >= 0.3 is 0 Å². The van der Waals surface area contributed by atoms with E-state index in [1.807, 2.05) is 19.1 Å². The molecule has 130 valence electrons. The van der Waals surface area contributed by atoms with E-state index in [9.17, 15) is 8.42 Å². The van der Waals surface area contributed by atoms with Crippen LogP contribution < -0.4 is 9.46 Å². The largest absolute Gasteiger partial charge is 0.478 e. The van der Waals surface area contributed by atoms with Gasteiger partial charge in [-0.2, -0.15) is 0 Å². The molecule has 2 aromatic heterocycles. The topological polar surface area (TPSA) is 100 Å². The number of nitrogens with zero attached hydrogens (tertiary/aromatic N) is 3. The first-order valence-corrected chi connectivity index (χ1v) is 9.36. The molecule has 1 aliphatic heterocycles. The minimum absolute atomic E-state index is 0.0941. The number of ether oxygens (including phenoxy) is 1. The van der Waals surface area contributed by atoms with E-state index in [1.54, 1.807) is 6.20 Å². The lowest BCUT2D eigenvalue weighted by Crippen LogP contribution is -2.37. The van der Waals surface area contributed by atoms with Crippen LogP contribution in [0, 0.1) is 0 Å². The highest BCUT2D eigenvalue weighted by Crippen LogP contribution is 2.16. The van der Waals surface area contributed by atoms with Gasteiger partial charge < -0.3 is 9.72 Å². The fraction of sp³-hybridized carbons (Fsp3) is 0.467. The number of likely N-dealkylation sites (tertiary alicyclic amines) is 1. The molecule has 8 nitrogen and oxygen atoms in total. The van der Waals surface area contributed by atoms with Crippen LogP contribution in [0.1, 0.15) is 18.9 Å². The summed E-state index contributed by atoms with van der Waals surface area (Å²) in [5.74, 6) is 0.618. The predicted molar refractivity (Wildman–Crippen MR) is 88.0 cm³/mol. The summed E-state index contributed by atoms with van der Waals surface area (Å²) >= 11 is 0. The summed E-state index contributed by atoms with van der Waals surface area (Å²) in [6, 6.07) is 3.74. The van der Waals surface area contributed by atoms with E-state index in [1.165, 1.54) is 12.5 Å². The highest BCUT2D eigenvalue weighted by molar-refractivity contribution is 7.89. The number of H-pyrrole nitrogens is 1. The zero-order valence-electron chi connectivity index (χ0n) is 13.5. The summed E-state index contributed by atoms with van der Waals surface area (Å²) in [4.78, 5) is 12.8. The molecule has 0 spiro atoms. The first-order valence-electron chi connectivity index (χ1n) is 7.87. The number of imidazole rings is 1. The van der Waals surface area contributed by atoms with Gasteiger partial charge in [-0.15, -0.1) is 0 Å². The molecule has 1 unspecified atom stereocenters. The Bertz CT molecular complexity index is 746. The number of sulfonamides is 1. The highest BCUT2D eigenvalue weighted by atomic mass is 32.2. The van der Waals surface area contributed by atoms with Gasteiger partial charge in [0.1, 0.15) is 0 Å². The number of nitrogens with one attached hydrogen (secondary N) is 2. The molecule has 9 heteroatoms. The lowest BCUT2D eigenvalue weighted by Gasteiger charge is -2.16. The normalized spacial score (nSPS) is 18.8. The monoisotopic (exact) mass is 351 g/mol. The van der Waals surface area contributed by atoms with E-state index in [0.29, 0.717) is 19.0 Å². The Morgan fingerprint density at radius 2 is 2.29 bits per heavy atom. The van der Waals surface area contributed by atoms with Crippen molar-refractivity contribution >= 4 is 10.0 Å². The smallest absolute Gasteiger partial charge is 0.257 e. The second-order valence-corrected chi connectivity index (χ2v) is 7.38. The summed E-state index contributed by atoms with van der Waals surface area (Å²) in [6.45, 7) is 4.76. The van der Waals surface area contributed by atoms with Gasteiger partial charge in [0, 0.05) is 37.9 Å². The van der Waals surface area contributed by atoms with Gasteiger partial charge in [-0.3, -0.25) is 4.90 Å². The van der Waals surface area contributed by atoms with Crippen molar-refractivity contribution < 1.29 is 13.2 Å². The van der Waals surface area contributed by atoms with Crippen molar-refractivity contribution in [2.24, 2.45) is 0 Å². The summed E-state index contributed by atoms with van der Waals surface area (Å²) in [5.41, 5.74) is 1.08. The Morgan fingerprint density at radius 1 is 1.42 bits per heavy atom. The van der Waals surface area contributed by atoms with Crippen molar-refractivity contribution in [2.45, 2.75) is 31.0 Å². The van der Waals surface area contributed by atoms with E-state index < -0.39 is 10.0 Å². The first-order chi connectivity index (χ1) is 11.6. The molecule has 0 aliphatic carbocycles. The third-order valence-corrected chi connectivity index (χ3v) is 5.30. The lowest BCUT2D eigenvalue weighted by atomic mass is 10.2. The van der Waals surface area contributed by atoms with Gasteiger partial charge in [0.05, 0.1) is 19.1 Å².